The second-order valence-electron chi connectivity index (χ2n) is 10.3. The summed E-state index contributed by atoms with van der Waals surface area (Å²) in [6.07, 6.45) is -1.19. The summed E-state index contributed by atoms with van der Waals surface area (Å²) in [7, 11) is 1.26. The van der Waals surface area contributed by atoms with E-state index in [4.69, 9.17) is 9.47 Å². The molecule has 0 aliphatic carbocycles. The van der Waals surface area contributed by atoms with Gasteiger partial charge < -0.3 is 24.8 Å². The van der Waals surface area contributed by atoms with E-state index in [1.165, 1.54) is 7.11 Å². The number of carbonyl (C=O) groups is 4. The summed E-state index contributed by atoms with van der Waals surface area (Å²) in [6, 6.07) is 12.0. The number of anilines is 2. The molecule has 10 heteroatoms. The minimum atomic E-state index is -0.972. The van der Waals surface area contributed by atoms with Gasteiger partial charge in [-0.2, -0.15) is 0 Å². The first-order valence-corrected chi connectivity index (χ1v) is 11.7. The molecule has 200 valence electrons. The van der Waals surface area contributed by atoms with Gasteiger partial charge in [0.15, 0.2) is 0 Å². The molecule has 3 N–H and O–H groups in total. The number of hydrogen-bond donors (Lipinski definition) is 3. The fourth-order valence-electron chi connectivity index (χ4n) is 3.04. The summed E-state index contributed by atoms with van der Waals surface area (Å²) in [6.45, 7) is 10.5. The summed E-state index contributed by atoms with van der Waals surface area (Å²) < 4.78 is 15.2. The highest BCUT2D eigenvalue weighted by molar-refractivity contribution is 5.97. The molecule has 2 aromatic carbocycles. The number of benzene rings is 2. The van der Waals surface area contributed by atoms with Crippen LogP contribution in [0.4, 0.5) is 21.0 Å². The van der Waals surface area contributed by atoms with Gasteiger partial charge in [-0.3, -0.25) is 10.1 Å². The van der Waals surface area contributed by atoms with E-state index in [2.05, 4.69) is 20.7 Å². The van der Waals surface area contributed by atoms with Gasteiger partial charge in [0.05, 0.1) is 12.7 Å². The van der Waals surface area contributed by atoms with Crippen molar-refractivity contribution in [3.05, 3.63) is 59.7 Å². The number of ether oxygens (including phenoxy) is 3. The highest BCUT2D eigenvalue weighted by Gasteiger charge is 2.25. The monoisotopic (exact) mass is 513 g/mol. The molecule has 0 fully saturated rings. The fourth-order valence-corrected chi connectivity index (χ4v) is 3.04. The Labute approximate surface area is 217 Å². The van der Waals surface area contributed by atoms with Crippen LogP contribution in [0.3, 0.4) is 0 Å². The predicted octanol–water partition coefficient (Wildman–Crippen LogP) is 4.89. The van der Waals surface area contributed by atoms with Crippen molar-refractivity contribution in [1.29, 1.82) is 0 Å². The van der Waals surface area contributed by atoms with Crippen LogP contribution < -0.4 is 16.0 Å². The third-order valence-corrected chi connectivity index (χ3v) is 4.62. The summed E-state index contributed by atoms with van der Waals surface area (Å²) in [5, 5.41) is 7.92. The lowest BCUT2D eigenvalue weighted by Crippen LogP contribution is -2.47. The van der Waals surface area contributed by atoms with Crippen molar-refractivity contribution in [2.45, 2.75) is 65.2 Å². The molecule has 0 bridgehead atoms. The van der Waals surface area contributed by atoms with Crippen LogP contribution >= 0.6 is 0 Å². The molecule has 1 atom stereocenters. The maximum absolute atomic E-state index is 13.1. The molecule has 0 heterocycles. The Morgan fingerprint density at radius 3 is 1.76 bits per heavy atom. The van der Waals surface area contributed by atoms with E-state index >= 15 is 0 Å². The number of carbonyl (C=O) groups excluding carboxylic acids is 4. The number of esters is 1. The first-order valence-electron chi connectivity index (χ1n) is 11.7. The zero-order chi connectivity index (χ0) is 27.8. The Morgan fingerprint density at radius 2 is 1.24 bits per heavy atom. The molecule has 2 aromatic rings. The number of amides is 3. The van der Waals surface area contributed by atoms with Gasteiger partial charge in [0.25, 0.3) is 0 Å². The Balaban J connectivity index is 2.15. The van der Waals surface area contributed by atoms with E-state index < -0.39 is 41.3 Å². The van der Waals surface area contributed by atoms with Gasteiger partial charge in [0.2, 0.25) is 5.91 Å². The quantitative estimate of drug-likeness (QED) is 0.355. The van der Waals surface area contributed by atoms with Crippen LogP contribution in [-0.2, 0) is 25.4 Å². The van der Waals surface area contributed by atoms with Gasteiger partial charge in [0, 0.05) is 17.8 Å². The first kappa shape index (κ1) is 29.2. The zero-order valence-corrected chi connectivity index (χ0v) is 22.3. The van der Waals surface area contributed by atoms with Gasteiger partial charge >= 0.3 is 18.2 Å². The topological polar surface area (TPSA) is 132 Å². The number of rotatable bonds is 7. The van der Waals surface area contributed by atoms with Crippen molar-refractivity contribution in [3.8, 4) is 0 Å². The van der Waals surface area contributed by atoms with Crippen molar-refractivity contribution < 1.29 is 33.4 Å². The molecular weight excluding hydrogens is 478 g/mol. The minimum Gasteiger partial charge on any atom is -0.456 e. The molecule has 3 amide bonds. The third kappa shape index (κ3) is 10.6. The number of alkyl carbamates (subject to hydrolysis) is 1. The average Bonchev–Trinajstić information content (AvgIpc) is 2.77. The van der Waals surface area contributed by atoms with Gasteiger partial charge in [-0.05, 0) is 83.5 Å². The van der Waals surface area contributed by atoms with Crippen LogP contribution in [0.15, 0.2) is 48.5 Å². The second kappa shape index (κ2) is 12.2. The maximum atomic E-state index is 13.1. The molecule has 10 nitrogen and oxygen atoms in total. The molecule has 0 aliphatic rings. The molecular formula is C27H35N3O7. The van der Waals surface area contributed by atoms with Crippen molar-refractivity contribution >= 4 is 35.4 Å². The van der Waals surface area contributed by atoms with E-state index in [-0.39, 0.29) is 6.42 Å². The van der Waals surface area contributed by atoms with Gasteiger partial charge in [-0.1, -0.05) is 12.1 Å². The molecule has 0 saturated heterocycles. The molecule has 0 aliphatic heterocycles. The molecule has 1 unspecified atom stereocenters. The van der Waals surface area contributed by atoms with Crippen LogP contribution in [0.1, 0.15) is 57.5 Å². The third-order valence-electron chi connectivity index (χ3n) is 4.62. The number of nitrogens with one attached hydrogen (secondary N) is 3. The van der Waals surface area contributed by atoms with Gasteiger partial charge in [-0.15, -0.1) is 0 Å². The van der Waals surface area contributed by atoms with Gasteiger partial charge in [0.1, 0.15) is 17.2 Å². The molecule has 2 rings (SSSR count). The Kier molecular flexibility index (Phi) is 9.65. The van der Waals surface area contributed by atoms with Crippen LogP contribution in [0.5, 0.6) is 0 Å². The molecule has 0 spiro atoms. The smallest absolute Gasteiger partial charge is 0.411 e. The van der Waals surface area contributed by atoms with E-state index in [1.807, 2.05) is 0 Å². The Hall–Kier alpha value is -4.08. The fraction of sp³-hybridized carbons (Fsp3) is 0.407. The zero-order valence-electron chi connectivity index (χ0n) is 22.3. The SMILES string of the molecule is COC(=O)Nc1ccc(CC(NC(=O)OC(C)(C)C)C(=O)Nc2ccc(C(=O)OC(C)(C)C)cc2)cc1. The van der Waals surface area contributed by atoms with E-state index in [0.29, 0.717) is 16.9 Å². The van der Waals surface area contributed by atoms with Crippen LogP contribution in [0.25, 0.3) is 0 Å². The van der Waals surface area contributed by atoms with Crippen molar-refractivity contribution in [3.63, 3.8) is 0 Å². The Morgan fingerprint density at radius 1 is 0.730 bits per heavy atom. The minimum absolute atomic E-state index is 0.152. The van der Waals surface area contributed by atoms with Crippen LogP contribution in [0, 0.1) is 0 Å². The molecule has 0 radical (unpaired) electrons. The predicted molar refractivity (Wildman–Crippen MR) is 140 cm³/mol. The van der Waals surface area contributed by atoms with E-state index in [1.54, 1.807) is 90.1 Å². The lowest BCUT2D eigenvalue weighted by atomic mass is 10.0. The molecule has 0 aromatic heterocycles. The van der Waals surface area contributed by atoms with E-state index in [9.17, 15) is 19.2 Å². The van der Waals surface area contributed by atoms with Crippen molar-refractivity contribution in [2.75, 3.05) is 17.7 Å². The van der Waals surface area contributed by atoms with Crippen LogP contribution in [0.2, 0.25) is 0 Å². The van der Waals surface area contributed by atoms with Crippen molar-refractivity contribution in [1.82, 2.24) is 5.32 Å². The van der Waals surface area contributed by atoms with Crippen LogP contribution in [-0.4, -0.2) is 48.4 Å². The average molecular weight is 514 g/mol. The number of hydrogen-bond acceptors (Lipinski definition) is 7. The highest BCUT2D eigenvalue weighted by atomic mass is 16.6. The highest BCUT2D eigenvalue weighted by Crippen LogP contribution is 2.17. The largest absolute Gasteiger partial charge is 0.456 e. The van der Waals surface area contributed by atoms with Gasteiger partial charge in [-0.25, -0.2) is 14.4 Å². The van der Waals surface area contributed by atoms with Crippen molar-refractivity contribution in [2.24, 2.45) is 0 Å². The van der Waals surface area contributed by atoms with E-state index in [0.717, 1.165) is 5.56 Å². The summed E-state index contributed by atoms with van der Waals surface area (Å²) in [5.41, 5.74) is 0.652. The number of methoxy groups -OCH3 is 1. The lowest BCUT2D eigenvalue weighted by molar-refractivity contribution is -0.118. The molecule has 37 heavy (non-hydrogen) atoms. The summed E-state index contributed by atoms with van der Waals surface area (Å²) >= 11 is 0. The normalized spacial score (nSPS) is 12.1. The lowest BCUT2D eigenvalue weighted by Gasteiger charge is -2.23. The molecule has 0 saturated carbocycles. The second-order valence-corrected chi connectivity index (χ2v) is 10.3. The Bertz CT molecular complexity index is 1100. The summed E-state index contributed by atoms with van der Waals surface area (Å²) in [5.74, 6) is -0.951. The first-order chi connectivity index (χ1) is 17.1. The summed E-state index contributed by atoms with van der Waals surface area (Å²) in [4.78, 5) is 49.2. The standard InChI is InChI=1S/C27H35N3O7/c1-26(2,3)36-23(32)18-10-14-19(15-11-18)28-22(31)21(30-25(34)37-27(4,5)6)16-17-8-12-20(13-9-17)29-24(33)35-7/h8-15,21H,16H2,1-7H3,(H,28,31)(H,29,33)(H,30,34). The maximum Gasteiger partial charge on any atom is 0.411 e.